The van der Waals surface area contributed by atoms with Crippen molar-refractivity contribution < 1.29 is 4.79 Å². The maximum atomic E-state index is 13.0. The highest BCUT2D eigenvalue weighted by Crippen LogP contribution is 2.30. The molecule has 0 atom stereocenters. The fourth-order valence-corrected chi connectivity index (χ4v) is 4.02. The smallest absolute Gasteiger partial charge is 0.263 e. The Labute approximate surface area is 170 Å². The normalized spacial score (nSPS) is 10.9. The maximum Gasteiger partial charge on any atom is 0.263 e. The minimum atomic E-state index is -0.320. The van der Waals surface area contributed by atoms with E-state index in [1.54, 1.807) is 12.1 Å². The van der Waals surface area contributed by atoms with Crippen LogP contribution in [0.2, 0.25) is 5.02 Å². The number of carbonyl (C=O) groups is 1. The second-order valence-corrected chi connectivity index (χ2v) is 7.65. The van der Waals surface area contributed by atoms with E-state index in [9.17, 15) is 9.59 Å². The lowest BCUT2D eigenvalue weighted by Gasteiger charge is -2.09. The summed E-state index contributed by atoms with van der Waals surface area (Å²) in [5.41, 5.74) is 3.06. The summed E-state index contributed by atoms with van der Waals surface area (Å²) < 4.78 is 1.33. The molecule has 5 nitrogen and oxygen atoms in total. The van der Waals surface area contributed by atoms with Gasteiger partial charge in [-0.15, -0.1) is 11.3 Å². The predicted octanol–water partition coefficient (Wildman–Crippen LogP) is 4.73. The van der Waals surface area contributed by atoms with E-state index >= 15 is 0 Å². The lowest BCUT2D eigenvalue weighted by Crippen LogP contribution is -2.27. The van der Waals surface area contributed by atoms with E-state index in [1.165, 1.54) is 22.2 Å². The van der Waals surface area contributed by atoms with Gasteiger partial charge >= 0.3 is 0 Å². The number of nitrogens with one attached hydrogen (secondary N) is 1. The Kier molecular flexibility index (Phi) is 4.98. The molecule has 0 aliphatic heterocycles. The van der Waals surface area contributed by atoms with Crippen molar-refractivity contribution in [3.63, 3.8) is 0 Å². The Balaban J connectivity index is 1.64. The molecule has 0 aliphatic carbocycles. The first-order chi connectivity index (χ1) is 13.5. The molecule has 2 aromatic heterocycles. The summed E-state index contributed by atoms with van der Waals surface area (Å²) in [6.07, 6.45) is 1.41. The summed E-state index contributed by atoms with van der Waals surface area (Å²) in [4.78, 5) is 30.4. The quantitative estimate of drug-likeness (QED) is 0.530. The molecule has 4 aromatic rings. The molecule has 1 amide bonds. The molecule has 0 aliphatic rings. The van der Waals surface area contributed by atoms with Crippen LogP contribution in [0.15, 0.2) is 65.0 Å². The summed E-state index contributed by atoms with van der Waals surface area (Å²) in [6, 6.07) is 15.0. The third kappa shape index (κ3) is 3.56. The van der Waals surface area contributed by atoms with Gasteiger partial charge in [0.2, 0.25) is 5.91 Å². The fraction of sp³-hybridized carbons (Fsp3) is 0.0952. The number of aromatic nitrogens is 2. The van der Waals surface area contributed by atoms with Gasteiger partial charge < -0.3 is 5.32 Å². The van der Waals surface area contributed by atoms with Crippen LogP contribution in [0.4, 0.5) is 5.69 Å². The van der Waals surface area contributed by atoms with Crippen LogP contribution in [0.1, 0.15) is 5.56 Å². The topological polar surface area (TPSA) is 64.0 Å². The Hall–Kier alpha value is -2.96. The molecule has 2 heterocycles. The Bertz CT molecular complexity index is 1230. The van der Waals surface area contributed by atoms with E-state index in [0.29, 0.717) is 20.9 Å². The second-order valence-electron chi connectivity index (χ2n) is 6.39. The molecular formula is C21H16ClN3O2S. The zero-order chi connectivity index (χ0) is 19.7. The Morgan fingerprint density at radius 1 is 1.21 bits per heavy atom. The number of halogens is 1. The number of anilines is 1. The summed E-state index contributed by atoms with van der Waals surface area (Å²) in [5, 5.41) is 5.79. The van der Waals surface area contributed by atoms with E-state index in [2.05, 4.69) is 10.3 Å². The standard InChI is InChI=1S/C21H16ClN3O2S/c1-13-7-8-15(9-17(13)22)24-18(26)10-25-12-23-20-19(21(25)27)16(11-28-20)14-5-3-2-4-6-14/h2-9,11-12H,10H2,1H3,(H,24,26). The van der Waals surface area contributed by atoms with Crippen LogP contribution in [-0.2, 0) is 11.3 Å². The van der Waals surface area contributed by atoms with Gasteiger partial charge in [0.1, 0.15) is 11.4 Å². The first-order valence-corrected chi connectivity index (χ1v) is 9.87. The van der Waals surface area contributed by atoms with E-state index in [1.807, 2.05) is 48.7 Å². The van der Waals surface area contributed by atoms with E-state index < -0.39 is 0 Å². The molecule has 0 fully saturated rings. The average molecular weight is 410 g/mol. The van der Waals surface area contributed by atoms with Gasteiger partial charge in [0, 0.05) is 21.7 Å². The average Bonchev–Trinajstić information content (AvgIpc) is 3.12. The molecule has 7 heteroatoms. The molecule has 4 rings (SSSR count). The number of carbonyl (C=O) groups excluding carboxylic acids is 1. The van der Waals surface area contributed by atoms with Crippen molar-refractivity contribution in [2.75, 3.05) is 5.32 Å². The third-order valence-electron chi connectivity index (χ3n) is 4.42. The summed E-state index contributed by atoms with van der Waals surface area (Å²) in [7, 11) is 0. The number of rotatable bonds is 4. The number of aryl methyl sites for hydroxylation is 1. The van der Waals surface area contributed by atoms with Gasteiger partial charge in [-0.3, -0.25) is 14.2 Å². The molecule has 0 radical (unpaired) electrons. The SMILES string of the molecule is Cc1ccc(NC(=O)Cn2cnc3scc(-c4ccccc4)c3c2=O)cc1Cl. The van der Waals surface area contributed by atoms with Crippen molar-refractivity contribution in [1.82, 2.24) is 9.55 Å². The second kappa shape index (κ2) is 7.58. The highest BCUT2D eigenvalue weighted by Gasteiger charge is 2.14. The number of fused-ring (bicyclic) bond motifs is 1. The van der Waals surface area contributed by atoms with E-state index in [-0.39, 0.29) is 18.0 Å². The number of benzene rings is 2. The highest BCUT2D eigenvalue weighted by atomic mass is 35.5. The van der Waals surface area contributed by atoms with Gasteiger partial charge in [-0.1, -0.05) is 48.0 Å². The number of amides is 1. The third-order valence-corrected chi connectivity index (χ3v) is 5.71. The summed E-state index contributed by atoms with van der Waals surface area (Å²) in [5.74, 6) is -0.320. The molecular weight excluding hydrogens is 394 g/mol. The number of hydrogen-bond donors (Lipinski definition) is 1. The maximum absolute atomic E-state index is 13.0. The molecule has 0 unspecified atom stereocenters. The zero-order valence-electron chi connectivity index (χ0n) is 15.0. The van der Waals surface area contributed by atoms with E-state index in [4.69, 9.17) is 11.6 Å². The summed E-state index contributed by atoms with van der Waals surface area (Å²) >= 11 is 7.51. The first kappa shape index (κ1) is 18.4. The van der Waals surface area contributed by atoms with Crippen molar-refractivity contribution >= 4 is 44.7 Å². The molecule has 140 valence electrons. The van der Waals surface area contributed by atoms with Crippen LogP contribution >= 0.6 is 22.9 Å². The van der Waals surface area contributed by atoms with Crippen LogP contribution < -0.4 is 10.9 Å². The molecule has 0 bridgehead atoms. The minimum absolute atomic E-state index is 0.128. The number of thiophene rings is 1. The van der Waals surface area contributed by atoms with Gasteiger partial charge in [0.15, 0.2) is 0 Å². The van der Waals surface area contributed by atoms with E-state index in [0.717, 1.165) is 16.7 Å². The Morgan fingerprint density at radius 3 is 2.75 bits per heavy atom. The van der Waals surface area contributed by atoms with Gasteiger partial charge in [-0.25, -0.2) is 4.98 Å². The molecule has 1 N–H and O–H groups in total. The Morgan fingerprint density at radius 2 is 2.00 bits per heavy atom. The lowest BCUT2D eigenvalue weighted by atomic mass is 10.1. The highest BCUT2D eigenvalue weighted by molar-refractivity contribution is 7.17. The number of hydrogen-bond acceptors (Lipinski definition) is 4. The zero-order valence-corrected chi connectivity index (χ0v) is 16.6. The number of nitrogens with zero attached hydrogens (tertiary/aromatic N) is 2. The molecule has 0 spiro atoms. The molecule has 2 aromatic carbocycles. The molecule has 0 saturated carbocycles. The van der Waals surface area contributed by atoms with Crippen molar-refractivity contribution in [2.45, 2.75) is 13.5 Å². The predicted molar refractivity (Wildman–Crippen MR) is 114 cm³/mol. The van der Waals surface area contributed by atoms with Crippen molar-refractivity contribution in [1.29, 1.82) is 0 Å². The van der Waals surface area contributed by atoms with Crippen LogP contribution in [0.3, 0.4) is 0 Å². The van der Waals surface area contributed by atoms with Gasteiger partial charge in [0.05, 0.1) is 11.7 Å². The minimum Gasteiger partial charge on any atom is -0.324 e. The van der Waals surface area contributed by atoms with Crippen LogP contribution in [0.25, 0.3) is 21.3 Å². The van der Waals surface area contributed by atoms with Crippen LogP contribution in [0, 0.1) is 6.92 Å². The molecule has 28 heavy (non-hydrogen) atoms. The van der Waals surface area contributed by atoms with Gasteiger partial charge in [-0.2, -0.15) is 0 Å². The summed E-state index contributed by atoms with van der Waals surface area (Å²) in [6.45, 7) is 1.76. The fourth-order valence-electron chi connectivity index (χ4n) is 2.94. The lowest BCUT2D eigenvalue weighted by molar-refractivity contribution is -0.116. The van der Waals surface area contributed by atoms with Gasteiger partial charge in [0.25, 0.3) is 5.56 Å². The monoisotopic (exact) mass is 409 g/mol. The van der Waals surface area contributed by atoms with Gasteiger partial charge in [-0.05, 0) is 30.2 Å². The van der Waals surface area contributed by atoms with Crippen molar-refractivity contribution in [3.05, 3.63) is 81.2 Å². The van der Waals surface area contributed by atoms with Crippen LogP contribution in [-0.4, -0.2) is 15.5 Å². The molecule has 0 saturated heterocycles. The first-order valence-electron chi connectivity index (χ1n) is 8.61. The van der Waals surface area contributed by atoms with Crippen LogP contribution in [0.5, 0.6) is 0 Å². The largest absolute Gasteiger partial charge is 0.324 e. The van der Waals surface area contributed by atoms with Crippen molar-refractivity contribution in [3.8, 4) is 11.1 Å². The van der Waals surface area contributed by atoms with Crippen molar-refractivity contribution in [2.24, 2.45) is 0 Å².